The Hall–Kier alpha value is -3.07. The molecule has 1 N–H and O–H groups in total. The summed E-state index contributed by atoms with van der Waals surface area (Å²) in [5, 5.41) is 17.2. The van der Waals surface area contributed by atoms with E-state index in [0.29, 0.717) is 5.69 Å². The van der Waals surface area contributed by atoms with Gasteiger partial charge in [0.15, 0.2) is 0 Å². The molecule has 25 heavy (non-hydrogen) atoms. The number of nitro groups is 1. The molecule has 1 heterocycles. The molecule has 0 unspecified atom stereocenters. The van der Waals surface area contributed by atoms with Gasteiger partial charge in [-0.1, -0.05) is 48.5 Å². The van der Waals surface area contributed by atoms with Crippen LogP contribution in [-0.4, -0.2) is 25.6 Å². The van der Waals surface area contributed by atoms with E-state index < -0.39 is 10.9 Å². The van der Waals surface area contributed by atoms with Gasteiger partial charge in [-0.05, 0) is 21.5 Å². The van der Waals surface area contributed by atoms with E-state index in [1.165, 1.54) is 0 Å². The van der Waals surface area contributed by atoms with Crippen molar-refractivity contribution in [1.29, 1.82) is 0 Å². The van der Waals surface area contributed by atoms with Crippen molar-refractivity contribution in [2.24, 2.45) is 0 Å². The highest BCUT2D eigenvalue weighted by Gasteiger charge is 2.21. The second kappa shape index (κ2) is 7.22. The maximum Gasteiger partial charge on any atom is 0.492 e. The molecule has 0 atom stereocenters. The number of amides is 1. The van der Waals surface area contributed by atoms with Crippen LogP contribution in [0.3, 0.4) is 0 Å². The highest BCUT2D eigenvalue weighted by molar-refractivity contribution is 9.10. The van der Waals surface area contributed by atoms with E-state index in [4.69, 9.17) is 0 Å². The number of benzene rings is 2. The zero-order valence-electron chi connectivity index (χ0n) is 12.8. The molecule has 0 aliphatic heterocycles. The van der Waals surface area contributed by atoms with Gasteiger partial charge >= 0.3 is 5.95 Å². The van der Waals surface area contributed by atoms with Gasteiger partial charge in [0.1, 0.15) is 6.54 Å². The van der Waals surface area contributed by atoms with Crippen LogP contribution < -0.4 is 5.32 Å². The average molecular weight is 402 g/mol. The summed E-state index contributed by atoms with van der Waals surface area (Å²) in [5.74, 6) is -0.937. The van der Waals surface area contributed by atoms with Gasteiger partial charge in [-0.3, -0.25) is 4.79 Å². The third-order valence-corrected chi connectivity index (χ3v) is 3.94. The molecule has 0 saturated heterocycles. The lowest BCUT2D eigenvalue weighted by atomic mass is 10.0. The third kappa shape index (κ3) is 3.89. The number of anilines is 1. The molecule has 0 saturated carbocycles. The van der Waals surface area contributed by atoms with Crippen LogP contribution in [0.2, 0.25) is 0 Å². The first-order valence-electron chi connectivity index (χ1n) is 7.23. The third-order valence-electron chi connectivity index (χ3n) is 3.36. The summed E-state index contributed by atoms with van der Waals surface area (Å²) >= 11 is 3.06. The molecule has 0 bridgehead atoms. The smallest absolute Gasteiger partial charge is 0.390 e. The first kappa shape index (κ1) is 16.8. The summed E-state index contributed by atoms with van der Waals surface area (Å²) < 4.78 is 1.24. The fourth-order valence-corrected chi connectivity index (χ4v) is 2.64. The maximum atomic E-state index is 12.3. The predicted molar refractivity (Wildman–Crippen MR) is 94.9 cm³/mol. The lowest BCUT2D eigenvalue weighted by molar-refractivity contribution is -0.394. The fourth-order valence-electron chi connectivity index (χ4n) is 2.28. The van der Waals surface area contributed by atoms with E-state index in [9.17, 15) is 14.9 Å². The number of carbonyl (C=O) groups excluding carboxylic acids is 1. The number of halogens is 1. The molecule has 3 aromatic rings. The molecule has 0 radical (unpaired) electrons. The molecule has 8 nitrogen and oxygen atoms in total. The molecular weight excluding hydrogens is 390 g/mol. The molecule has 0 fully saturated rings. The normalized spacial score (nSPS) is 10.4. The largest absolute Gasteiger partial charge is 0.492 e. The van der Waals surface area contributed by atoms with Crippen LogP contribution in [-0.2, 0) is 11.3 Å². The van der Waals surface area contributed by atoms with Crippen molar-refractivity contribution in [1.82, 2.24) is 14.8 Å². The first-order chi connectivity index (χ1) is 12.0. The van der Waals surface area contributed by atoms with Crippen molar-refractivity contribution >= 4 is 33.5 Å². The fraction of sp³-hybridized carbons (Fsp3) is 0.0625. The van der Waals surface area contributed by atoms with Gasteiger partial charge < -0.3 is 15.4 Å². The van der Waals surface area contributed by atoms with Crippen LogP contribution in [0.4, 0.5) is 11.6 Å². The minimum atomic E-state index is -0.718. The number of para-hydroxylation sites is 1. The van der Waals surface area contributed by atoms with Crippen molar-refractivity contribution < 1.29 is 9.72 Å². The van der Waals surface area contributed by atoms with Crippen LogP contribution in [0, 0.1) is 10.1 Å². The van der Waals surface area contributed by atoms with Crippen molar-refractivity contribution in [2.45, 2.75) is 6.54 Å². The highest BCUT2D eigenvalue weighted by atomic mass is 79.9. The predicted octanol–water partition coefficient (Wildman–Crippen LogP) is 3.25. The van der Waals surface area contributed by atoms with Gasteiger partial charge in [-0.25, -0.2) is 0 Å². The molecule has 2 aromatic carbocycles. The number of carbonyl (C=O) groups is 1. The molecular formula is C16H12BrN5O3. The zero-order chi connectivity index (χ0) is 17.8. The van der Waals surface area contributed by atoms with Crippen LogP contribution in [0.25, 0.3) is 11.1 Å². The minimum absolute atomic E-state index is 0.116. The number of aromatic nitrogens is 3. The quantitative estimate of drug-likeness (QED) is 0.521. The SMILES string of the molecule is O=C(Cn1nc([N+](=O)[O-])nc1Br)Nc1ccccc1-c1ccccc1. The molecule has 3 rings (SSSR count). The summed E-state index contributed by atoms with van der Waals surface area (Å²) in [5.41, 5.74) is 2.49. The molecule has 126 valence electrons. The Bertz CT molecular complexity index is 927. The summed E-state index contributed by atoms with van der Waals surface area (Å²) in [6, 6.07) is 17.0. The van der Waals surface area contributed by atoms with Crippen molar-refractivity contribution in [3.8, 4) is 11.1 Å². The van der Waals surface area contributed by atoms with Crippen LogP contribution in [0.15, 0.2) is 59.3 Å². The topological polar surface area (TPSA) is 103 Å². The molecule has 1 aromatic heterocycles. The van der Waals surface area contributed by atoms with E-state index in [-0.39, 0.29) is 17.2 Å². The Balaban J connectivity index is 1.79. The van der Waals surface area contributed by atoms with Crippen LogP contribution in [0.5, 0.6) is 0 Å². The summed E-state index contributed by atoms with van der Waals surface area (Å²) in [7, 11) is 0. The number of nitrogens with zero attached hydrogens (tertiary/aromatic N) is 4. The standard InChI is InChI=1S/C16H12BrN5O3/c17-15-19-16(22(24)25)20-21(15)10-14(23)18-13-9-5-4-8-12(13)11-6-2-1-3-7-11/h1-9H,10H2,(H,18,23). The van der Waals surface area contributed by atoms with Crippen molar-refractivity contribution in [3.05, 3.63) is 69.4 Å². The van der Waals surface area contributed by atoms with Crippen LogP contribution in [0.1, 0.15) is 0 Å². The lowest BCUT2D eigenvalue weighted by Crippen LogP contribution is -2.20. The second-order valence-corrected chi connectivity index (χ2v) is 5.76. The van der Waals surface area contributed by atoms with Gasteiger partial charge in [-0.2, -0.15) is 4.68 Å². The Morgan fingerprint density at radius 1 is 1.16 bits per heavy atom. The molecule has 0 aliphatic rings. The van der Waals surface area contributed by atoms with E-state index in [1.807, 2.05) is 48.5 Å². The molecule has 0 spiro atoms. The molecule has 0 aliphatic carbocycles. The Morgan fingerprint density at radius 3 is 2.52 bits per heavy atom. The summed E-state index contributed by atoms with van der Waals surface area (Å²) in [4.78, 5) is 25.9. The molecule has 9 heteroatoms. The first-order valence-corrected chi connectivity index (χ1v) is 8.03. The Kier molecular flexibility index (Phi) is 4.85. The minimum Gasteiger partial charge on any atom is -0.390 e. The van der Waals surface area contributed by atoms with Crippen molar-refractivity contribution in [3.63, 3.8) is 0 Å². The average Bonchev–Trinajstić information content (AvgIpc) is 2.97. The zero-order valence-corrected chi connectivity index (χ0v) is 14.4. The van der Waals surface area contributed by atoms with E-state index >= 15 is 0 Å². The second-order valence-electron chi connectivity index (χ2n) is 5.06. The number of rotatable bonds is 5. The van der Waals surface area contributed by atoms with E-state index in [0.717, 1.165) is 15.8 Å². The summed E-state index contributed by atoms with van der Waals surface area (Å²) in [6.45, 7) is -0.204. The Labute approximate surface area is 150 Å². The van der Waals surface area contributed by atoms with Gasteiger partial charge in [-0.15, -0.1) is 0 Å². The monoisotopic (exact) mass is 401 g/mol. The van der Waals surface area contributed by atoms with Crippen molar-refractivity contribution in [2.75, 3.05) is 5.32 Å². The highest BCUT2D eigenvalue weighted by Crippen LogP contribution is 2.27. The number of nitrogens with one attached hydrogen (secondary N) is 1. The van der Waals surface area contributed by atoms with Gasteiger partial charge in [0, 0.05) is 32.3 Å². The molecule has 1 amide bonds. The summed E-state index contributed by atoms with van der Waals surface area (Å²) in [6.07, 6.45) is 0. The Morgan fingerprint density at radius 2 is 1.84 bits per heavy atom. The van der Waals surface area contributed by atoms with Crippen LogP contribution >= 0.6 is 15.9 Å². The van der Waals surface area contributed by atoms with E-state index in [1.54, 1.807) is 6.07 Å². The number of hydrogen-bond donors (Lipinski definition) is 1. The van der Waals surface area contributed by atoms with Gasteiger partial charge in [0.05, 0.1) is 0 Å². The maximum absolute atomic E-state index is 12.3. The van der Waals surface area contributed by atoms with E-state index in [2.05, 4.69) is 31.3 Å². The lowest BCUT2D eigenvalue weighted by Gasteiger charge is -2.10. The van der Waals surface area contributed by atoms with Gasteiger partial charge in [0.25, 0.3) is 4.73 Å². The van der Waals surface area contributed by atoms with Gasteiger partial charge in [0.2, 0.25) is 5.91 Å². The number of hydrogen-bond acceptors (Lipinski definition) is 5.